The molecule has 0 spiro atoms. The quantitative estimate of drug-likeness (QED) is 0.938. The summed E-state index contributed by atoms with van der Waals surface area (Å²) in [5, 5.41) is 7.41. The first kappa shape index (κ1) is 13.9. The summed E-state index contributed by atoms with van der Waals surface area (Å²) >= 11 is 11.7. The molecule has 1 N–H and O–H groups in total. The lowest BCUT2D eigenvalue weighted by Gasteiger charge is -2.06. The Morgan fingerprint density at radius 3 is 2.63 bits per heavy atom. The Labute approximate surface area is 120 Å². The van der Waals surface area contributed by atoms with Crippen molar-refractivity contribution < 1.29 is 9.32 Å². The number of nitrogens with zero attached hydrogens (tertiary/aromatic N) is 1. The SMILES string of the molecule is Cc1noc(C)c1CC(=O)Nc1ccc(Cl)c(Cl)c1. The van der Waals surface area contributed by atoms with Gasteiger partial charge in [0.05, 0.1) is 22.2 Å². The zero-order chi connectivity index (χ0) is 14.0. The average molecular weight is 299 g/mol. The molecule has 1 aromatic heterocycles. The molecule has 0 aliphatic heterocycles. The smallest absolute Gasteiger partial charge is 0.229 e. The Morgan fingerprint density at radius 2 is 2.05 bits per heavy atom. The Balaban J connectivity index is 2.07. The molecule has 0 saturated carbocycles. The lowest BCUT2D eigenvalue weighted by molar-refractivity contribution is -0.115. The molecule has 0 fully saturated rings. The van der Waals surface area contributed by atoms with Crippen LogP contribution < -0.4 is 5.32 Å². The molecule has 0 bridgehead atoms. The van der Waals surface area contributed by atoms with Crippen LogP contribution in [0, 0.1) is 13.8 Å². The molecule has 0 unspecified atom stereocenters. The summed E-state index contributed by atoms with van der Waals surface area (Å²) in [6, 6.07) is 4.93. The number of anilines is 1. The van der Waals surface area contributed by atoms with Gasteiger partial charge in [-0.05, 0) is 32.0 Å². The van der Waals surface area contributed by atoms with Crippen LogP contribution in [0.5, 0.6) is 0 Å². The minimum atomic E-state index is -0.159. The van der Waals surface area contributed by atoms with Gasteiger partial charge in [-0.1, -0.05) is 28.4 Å². The number of halogens is 2. The fourth-order valence-electron chi connectivity index (χ4n) is 1.69. The van der Waals surface area contributed by atoms with Crippen LogP contribution in [0.3, 0.4) is 0 Å². The number of aryl methyl sites for hydroxylation is 2. The summed E-state index contributed by atoms with van der Waals surface area (Å²) in [5.74, 6) is 0.495. The predicted octanol–water partition coefficient (Wildman–Crippen LogP) is 3.78. The topological polar surface area (TPSA) is 55.1 Å². The van der Waals surface area contributed by atoms with Crippen molar-refractivity contribution >= 4 is 34.8 Å². The van der Waals surface area contributed by atoms with E-state index in [0.717, 1.165) is 11.3 Å². The van der Waals surface area contributed by atoms with E-state index < -0.39 is 0 Å². The number of carbonyl (C=O) groups excluding carboxylic acids is 1. The van der Waals surface area contributed by atoms with Crippen LogP contribution in [0.1, 0.15) is 17.0 Å². The molecule has 1 amide bonds. The third-order valence-electron chi connectivity index (χ3n) is 2.72. The zero-order valence-corrected chi connectivity index (χ0v) is 12.0. The predicted molar refractivity (Wildman–Crippen MR) is 74.8 cm³/mol. The first-order chi connectivity index (χ1) is 8.97. The third kappa shape index (κ3) is 3.28. The first-order valence-corrected chi connectivity index (χ1v) is 6.39. The molecular weight excluding hydrogens is 287 g/mol. The molecule has 0 aliphatic carbocycles. The number of aromatic nitrogens is 1. The zero-order valence-electron chi connectivity index (χ0n) is 10.5. The molecule has 1 heterocycles. The molecule has 4 nitrogen and oxygen atoms in total. The van der Waals surface area contributed by atoms with E-state index in [0.29, 0.717) is 21.5 Å². The van der Waals surface area contributed by atoms with Crippen molar-refractivity contribution in [1.29, 1.82) is 0 Å². The summed E-state index contributed by atoms with van der Waals surface area (Å²) in [6.07, 6.45) is 0.210. The van der Waals surface area contributed by atoms with Gasteiger partial charge in [0.15, 0.2) is 0 Å². The minimum absolute atomic E-state index is 0.159. The minimum Gasteiger partial charge on any atom is -0.361 e. The highest BCUT2D eigenvalue weighted by molar-refractivity contribution is 6.42. The lowest BCUT2D eigenvalue weighted by atomic mass is 10.1. The molecular formula is C13H12Cl2N2O2. The molecule has 2 rings (SSSR count). The van der Waals surface area contributed by atoms with Gasteiger partial charge in [-0.3, -0.25) is 4.79 Å². The van der Waals surface area contributed by atoms with E-state index in [1.54, 1.807) is 32.0 Å². The molecule has 0 saturated heterocycles. The van der Waals surface area contributed by atoms with Crippen LogP contribution in [-0.2, 0) is 11.2 Å². The van der Waals surface area contributed by atoms with E-state index >= 15 is 0 Å². The summed E-state index contributed by atoms with van der Waals surface area (Å²) < 4.78 is 5.01. The molecule has 6 heteroatoms. The van der Waals surface area contributed by atoms with Gasteiger partial charge in [0.25, 0.3) is 0 Å². The Morgan fingerprint density at radius 1 is 1.32 bits per heavy atom. The summed E-state index contributed by atoms with van der Waals surface area (Å²) in [5.41, 5.74) is 2.13. The number of hydrogen-bond donors (Lipinski definition) is 1. The van der Waals surface area contributed by atoms with Crippen LogP contribution in [0.4, 0.5) is 5.69 Å². The summed E-state index contributed by atoms with van der Waals surface area (Å²) in [6.45, 7) is 3.58. The Hall–Kier alpha value is -1.52. The van der Waals surface area contributed by atoms with Crippen molar-refractivity contribution in [2.75, 3.05) is 5.32 Å². The third-order valence-corrected chi connectivity index (χ3v) is 3.46. The highest BCUT2D eigenvalue weighted by atomic mass is 35.5. The maximum Gasteiger partial charge on any atom is 0.229 e. The maximum atomic E-state index is 11.9. The molecule has 2 aromatic rings. The largest absolute Gasteiger partial charge is 0.361 e. The monoisotopic (exact) mass is 298 g/mol. The molecule has 0 aliphatic rings. The number of carbonyl (C=O) groups is 1. The van der Waals surface area contributed by atoms with Crippen molar-refractivity contribution in [3.63, 3.8) is 0 Å². The van der Waals surface area contributed by atoms with Gasteiger partial charge in [-0.15, -0.1) is 0 Å². The van der Waals surface area contributed by atoms with E-state index in [1.165, 1.54) is 0 Å². The first-order valence-electron chi connectivity index (χ1n) is 5.64. The number of benzene rings is 1. The van der Waals surface area contributed by atoms with Crippen molar-refractivity contribution in [2.45, 2.75) is 20.3 Å². The van der Waals surface area contributed by atoms with E-state index in [1.807, 2.05) is 0 Å². The summed E-state index contributed by atoms with van der Waals surface area (Å²) in [4.78, 5) is 11.9. The number of rotatable bonds is 3. The molecule has 0 atom stereocenters. The number of amides is 1. The normalized spacial score (nSPS) is 10.5. The van der Waals surface area contributed by atoms with Crippen LogP contribution in [0.2, 0.25) is 10.0 Å². The van der Waals surface area contributed by atoms with Gasteiger partial charge in [0.1, 0.15) is 5.76 Å². The Bertz CT molecular complexity index is 604. The standard InChI is InChI=1S/C13H12Cl2N2O2/c1-7-10(8(2)19-17-7)6-13(18)16-9-3-4-11(14)12(15)5-9/h3-5H,6H2,1-2H3,(H,16,18). The maximum absolute atomic E-state index is 11.9. The molecule has 19 heavy (non-hydrogen) atoms. The molecule has 100 valence electrons. The van der Waals surface area contributed by atoms with Gasteiger partial charge in [-0.2, -0.15) is 0 Å². The van der Waals surface area contributed by atoms with Crippen LogP contribution in [0.25, 0.3) is 0 Å². The second-order valence-electron chi connectivity index (χ2n) is 4.16. The van der Waals surface area contributed by atoms with E-state index in [-0.39, 0.29) is 12.3 Å². The Kier molecular flexibility index (Phi) is 4.12. The molecule has 0 radical (unpaired) electrons. The van der Waals surface area contributed by atoms with E-state index in [4.69, 9.17) is 27.7 Å². The van der Waals surface area contributed by atoms with Crippen molar-refractivity contribution in [3.8, 4) is 0 Å². The fraction of sp³-hybridized carbons (Fsp3) is 0.231. The molecule has 1 aromatic carbocycles. The lowest BCUT2D eigenvalue weighted by Crippen LogP contribution is -2.15. The van der Waals surface area contributed by atoms with Crippen LogP contribution in [0.15, 0.2) is 22.7 Å². The second-order valence-corrected chi connectivity index (χ2v) is 4.97. The van der Waals surface area contributed by atoms with Gasteiger partial charge in [0, 0.05) is 11.3 Å². The van der Waals surface area contributed by atoms with Crippen molar-refractivity contribution in [2.24, 2.45) is 0 Å². The van der Waals surface area contributed by atoms with Gasteiger partial charge < -0.3 is 9.84 Å². The summed E-state index contributed by atoms with van der Waals surface area (Å²) in [7, 11) is 0. The van der Waals surface area contributed by atoms with Crippen LogP contribution in [-0.4, -0.2) is 11.1 Å². The van der Waals surface area contributed by atoms with Gasteiger partial charge >= 0.3 is 0 Å². The van der Waals surface area contributed by atoms with Gasteiger partial charge in [-0.25, -0.2) is 0 Å². The highest BCUT2D eigenvalue weighted by Gasteiger charge is 2.13. The van der Waals surface area contributed by atoms with E-state index in [2.05, 4.69) is 10.5 Å². The average Bonchev–Trinajstić information content (AvgIpc) is 2.66. The number of nitrogens with one attached hydrogen (secondary N) is 1. The van der Waals surface area contributed by atoms with Gasteiger partial charge in [0.2, 0.25) is 5.91 Å². The highest BCUT2D eigenvalue weighted by Crippen LogP contribution is 2.25. The van der Waals surface area contributed by atoms with E-state index in [9.17, 15) is 4.79 Å². The second kappa shape index (κ2) is 5.63. The van der Waals surface area contributed by atoms with Crippen LogP contribution >= 0.6 is 23.2 Å². The number of hydrogen-bond acceptors (Lipinski definition) is 3. The van der Waals surface area contributed by atoms with Crippen molar-refractivity contribution in [1.82, 2.24) is 5.16 Å². The fourth-order valence-corrected chi connectivity index (χ4v) is 1.99. The van der Waals surface area contributed by atoms with Crippen molar-refractivity contribution in [3.05, 3.63) is 45.3 Å².